The first-order valence-corrected chi connectivity index (χ1v) is 6.35. The second-order valence-corrected chi connectivity index (χ2v) is 4.90. The van der Waals surface area contributed by atoms with E-state index in [-0.39, 0.29) is 11.6 Å². The number of benzene rings is 2. The monoisotopic (exact) mass is 329 g/mol. The third kappa shape index (κ3) is 2.94. The highest BCUT2D eigenvalue weighted by Gasteiger charge is 2.06. The van der Waals surface area contributed by atoms with Crippen LogP contribution in [0.15, 0.2) is 40.9 Å². The molecule has 2 N–H and O–H groups in total. The predicted octanol–water partition coefficient (Wildman–Crippen LogP) is 4.40. The lowest BCUT2D eigenvalue weighted by atomic mass is 10.2. The zero-order valence-corrected chi connectivity index (χ0v) is 11.6. The van der Waals surface area contributed by atoms with Crippen molar-refractivity contribution in [1.82, 2.24) is 0 Å². The summed E-state index contributed by atoms with van der Waals surface area (Å²) in [6.07, 6.45) is 0. The average Bonchev–Trinajstić information content (AvgIpc) is 2.35. The molecule has 0 atom stereocenters. The van der Waals surface area contributed by atoms with E-state index in [1.54, 1.807) is 24.3 Å². The van der Waals surface area contributed by atoms with Crippen LogP contribution >= 0.6 is 27.5 Å². The first-order valence-electron chi connectivity index (χ1n) is 5.18. The minimum atomic E-state index is -0.454. The molecule has 0 spiro atoms. The highest BCUT2D eigenvalue weighted by Crippen LogP contribution is 2.30. The van der Waals surface area contributed by atoms with Crippen LogP contribution in [0, 0.1) is 5.82 Å². The van der Waals surface area contributed by atoms with Crippen molar-refractivity contribution in [3.8, 4) is 5.75 Å². The van der Waals surface area contributed by atoms with Crippen LogP contribution in [0.3, 0.4) is 0 Å². The quantitative estimate of drug-likeness (QED) is 0.846. The van der Waals surface area contributed by atoms with Crippen LogP contribution in [0.4, 0.5) is 10.1 Å². The van der Waals surface area contributed by atoms with Crippen LogP contribution in [0.2, 0.25) is 5.02 Å². The first-order chi connectivity index (χ1) is 8.58. The van der Waals surface area contributed by atoms with E-state index in [0.29, 0.717) is 21.5 Å². The van der Waals surface area contributed by atoms with Crippen LogP contribution < -0.4 is 10.5 Å². The van der Waals surface area contributed by atoms with Gasteiger partial charge in [0.25, 0.3) is 0 Å². The smallest absolute Gasteiger partial charge is 0.142 e. The molecular formula is C13H10BrClFNO. The van der Waals surface area contributed by atoms with Crippen molar-refractivity contribution in [2.45, 2.75) is 6.61 Å². The maximum atomic E-state index is 13.2. The van der Waals surface area contributed by atoms with Gasteiger partial charge in [-0.2, -0.15) is 0 Å². The van der Waals surface area contributed by atoms with Crippen LogP contribution in [-0.2, 0) is 6.61 Å². The Bertz CT molecular complexity index is 577. The zero-order valence-electron chi connectivity index (χ0n) is 9.29. The number of anilines is 1. The SMILES string of the molecule is Nc1cccc(OCc2ccc(Cl)c(F)c2)c1Br. The molecule has 0 unspecified atom stereocenters. The average molecular weight is 331 g/mol. The molecule has 2 aromatic carbocycles. The number of nitrogens with two attached hydrogens (primary N) is 1. The lowest BCUT2D eigenvalue weighted by Crippen LogP contribution is -1.98. The highest BCUT2D eigenvalue weighted by atomic mass is 79.9. The number of ether oxygens (including phenoxy) is 1. The molecule has 0 saturated heterocycles. The van der Waals surface area contributed by atoms with Crippen molar-refractivity contribution in [3.63, 3.8) is 0 Å². The number of hydrogen-bond acceptors (Lipinski definition) is 2. The number of halogens is 3. The normalized spacial score (nSPS) is 10.4. The lowest BCUT2D eigenvalue weighted by Gasteiger charge is -2.09. The van der Waals surface area contributed by atoms with E-state index in [1.807, 2.05) is 0 Å². The summed E-state index contributed by atoms with van der Waals surface area (Å²) in [5, 5.41) is 0.101. The number of nitrogen functional groups attached to an aromatic ring is 1. The van der Waals surface area contributed by atoms with Gasteiger partial charge in [-0.15, -0.1) is 0 Å². The van der Waals surface area contributed by atoms with Gasteiger partial charge in [0.05, 0.1) is 9.50 Å². The van der Waals surface area contributed by atoms with Gasteiger partial charge < -0.3 is 10.5 Å². The molecule has 0 aliphatic rings. The molecule has 0 aromatic heterocycles. The second-order valence-electron chi connectivity index (χ2n) is 3.70. The van der Waals surface area contributed by atoms with Gasteiger partial charge in [-0.1, -0.05) is 23.7 Å². The third-order valence-corrected chi connectivity index (χ3v) is 3.53. The van der Waals surface area contributed by atoms with Crippen molar-refractivity contribution in [2.24, 2.45) is 0 Å². The van der Waals surface area contributed by atoms with Gasteiger partial charge >= 0.3 is 0 Å². The summed E-state index contributed by atoms with van der Waals surface area (Å²) in [5.74, 6) is 0.162. The standard InChI is InChI=1S/C13H10BrClFNO/c14-13-11(17)2-1-3-12(13)18-7-8-4-5-9(15)10(16)6-8/h1-6H,7,17H2. The fraction of sp³-hybridized carbons (Fsp3) is 0.0769. The summed E-state index contributed by atoms with van der Waals surface area (Å²) in [6.45, 7) is 0.246. The minimum Gasteiger partial charge on any atom is -0.488 e. The van der Waals surface area contributed by atoms with Crippen LogP contribution in [-0.4, -0.2) is 0 Å². The van der Waals surface area contributed by atoms with E-state index >= 15 is 0 Å². The Kier molecular flexibility index (Phi) is 4.09. The summed E-state index contributed by atoms with van der Waals surface area (Å²) < 4.78 is 19.5. The third-order valence-electron chi connectivity index (χ3n) is 2.37. The molecule has 0 heterocycles. The molecule has 94 valence electrons. The molecular weight excluding hydrogens is 321 g/mol. The summed E-state index contributed by atoms with van der Waals surface area (Å²) in [6, 6.07) is 9.90. The molecule has 0 amide bonds. The Morgan fingerprint density at radius 1 is 1.28 bits per heavy atom. The molecule has 2 rings (SSSR count). The molecule has 5 heteroatoms. The summed E-state index contributed by atoms with van der Waals surface area (Å²) in [7, 11) is 0. The van der Waals surface area contributed by atoms with Gasteiger partial charge in [0.1, 0.15) is 18.2 Å². The van der Waals surface area contributed by atoms with E-state index in [1.165, 1.54) is 12.1 Å². The van der Waals surface area contributed by atoms with Gasteiger partial charge in [0.15, 0.2) is 0 Å². The van der Waals surface area contributed by atoms with Gasteiger partial charge in [0, 0.05) is 5.69 Å². The molecule has 0 fully saturated rings. The van der Waals surface area contributed by atoms with Crippen molar-refractivity contribution in [3.05, 3.63) is 57.3 Å². The molecule has 2 nitrogen and oxygen atoms in total. The van der Waals surface area contributed by atoms with Crippen LogP contribution in [0.5, 0.6) is 5.75 Å². The second kappa shape index (κ2) is 5.59. The highest BCUT2D eigenvalue weighted by molar-refractivity contribution is 9.10. The summed E-state index contributed by atoms with van der Waals surface area (Å²) in [5.41, 5.74) is 7.02. The lowest BCUT2D eigenvalue weighted by molar-refractivity contribution is 0.304. The number of hydrogen-bond donors (Lipinski definition) is 1. The maximum Gasteiger partial charge on any atom is 0.142 e. The largest absolute Gasteiger partial charge is 0.488 e. The minimum absolute atomic E-state index is 0.101. The van der Waals surface area contributed by atoms with Crippen LogP contribution in [0.1, 0.15) is 5.56 Å². The van der Waals surface area contributed by atoms with E-state index in [9.17, 15) is 4.39 Å². The van der Waals surface area contributed by atoms with Gasteiger partial charge in [-0.3, -0.25) is 0 Å². The molecule has 0 aliphatic carbocycles. The van der Waals surface area contributed by atoms with E-state index in [4.69, 9.17) is 22.1 Å². The maximum absolute atomic E-state index is 13.2. The predicted molar refractivity (Wildman–Crippen MR) is 74.3 cm³/mol. The number of rotatable bonds is 3. The van der Waals surface area contributed by atoms with E-state index < -0.39 is 5.82 Å². The van der Waals surface area contributed by atoms with Crippen molar-refractivity contribution >= 4 is 33.2 Å². The Morgan fingerprint density at radius 2 is 2.06 bits per heavy atom. The summed E-state index contributed by atoms with van der Waals surface area (Å²) in [4.78, 5) is 0. The molecule has 0 radical (unpaired) electrons. The van der Waals surface area contributed by atoms with Crippen molar-refractivity contribution in [2.75, 3.05) is 5.73 Å². The molecule has 2 aromatic rings. The fourth-order valence-corrected chi connectivity index (χ4v) is 1.93. The Morgan fingerprint density at radius 3 is 2.78 bits per heavy atom. The fourth-order valence-electron chi connectivity index (χ4n) is 1.43. The van der Waals surface area contributed by atoms with Gasteiger partial charge in [-0.05, 0) is 45.8 Å². The Balaban J connectivity index is 2.11. The topological polar surface area (TPSA) is 35.2 Å². The van der Waals surface area contributed by atoms with Gasteiger partial charge in [0.2, 0.25) is 0 Å². The van der Waals surface area contributed by atoms with E-state index in [2.05, 4.69) is 15.9 Å². The molecule has 0 aliphatic heterocycles. The Hall–Kier alpha value is -1.26. The first kappa shape index (κ1) is 13.2. The van der Waals surface area contributed by atoms with Gasteiger partial charge in [-0.25, -0.2) is 4.39 Å². The molecule has 0 bridgehead atoms. The molecule has 18 heavy (non-hydrogen) atoms. The van der Waals surface area contributed by atoms with Crippen molar-refractivity contribution < 1.29 is 9.13 Å². The summed E-state index contributed by atoms with van der Waals surface area (Å²) >= 11 is 8.94. The zero-order chi connectivity index (χ0) is 13.1. The van der Waals surface area contributed by atoms with Crippen molar-refractivity contribution in [1.29, 1.82) is 0 Å². The molecule has 0 saturated carbocycles. The van der Waals surface area contributed by atoms with Crippen LogP contribution in [0.25, 0.3) is 0 Å². The van der Waals surface area contributed by atoms with E-state index in [0.717, 1.165) is 0 Å². The Labute approximate surface area is 118 Å².